The molecule has 2 aromatic heterocycles. The molecule has 3 N–H and O–H groups in total. The Bertz CT molecular complexity index is 1100. The summed E-state index contributed by atoms with van der Waals surface area (Å²) in [5, 5.41) is 14.1. The molecule has 0 spiro atoms. The summed E-state index contributed by atoms with van der Waals surface area (Å²) in [7, 11) is 0. The molecule has 1 aliphatic carbocycles. The van der Waals surface area contributed by atoms with Crippen LogP contribution in [-0.2, 0) is 14.3 Å². The van der Waals surface area contributed by atoms with Crippen LogP contribution in [0, 0.1) is 31.6 Å². The summed E-state index contributed by atoms with van der Waals surface area (Å²) in [6.07, 6.45) is 23.7. The van der Waals surface area contributed by atoms with Crippen molar-refractivity contribution in [1.82, 2.24) is 20.2 Å². The minimum absolute atomic E-state index is 0.000972. The van der Waals surface area contributed by atoms with Crippen LogP contribution in [0.4, 0.5) is 4.79 Å². The first kappa shape index (κ1) is 40.1. The Morgan fingerprint density at radius 1 is 1.12 bits per heavy atom. The fraction of sp³-hybridized carbons (Fsp3) is 0.516. The summed E-state index contributed by atoms with van der Waals surface area (Å²) >= 11 is 1.50. The highest BCUT2D eigenvalue weighted by Gasteiger charge is 2.33. The normalized spacial score (nSPS) is 14.8. The van der Waals surface area contributed by atoms with Crippen molar-refractivity contribution in [3.63, 3.8) is 0 Å². The summed E-state index contributed by atoms with van der Waals surface area (Å²) in [5.74, 6) is -0.539. The number of nitrogens with one attached hydrogen (secondary N) is 2. The summed E-state index contributed by atoms with van der Waals surface area (Å²) in [6.45, 7) is 10.7. The molecule has 1 saturated heterocycles. The number of likely N-dealkylation sites (tertiary alicyclic amines) is 1. The topological polar surface area (TPSA) is 142 Å². The third kappa shape index (κ3) is 16.9. The molecule has 0 aromatic carbocycles. The summed E-state index contributed by atoms with van der Waals surface area (Å²) in [5.41, 5.74) is 0.774. The van der Waals surface area contributed by atoms with E-state index in [1.165, 1.54) is 22.3 Å². The predicted octanol–water partition coefficient (Wildman–Crippen LogP) is 5.42. The number of carbonyl (C=O) groups is 3. The van der Waals surface area contributed by atoms with Gasteiger partial charge in [-0.3, -0.25) is 9.59 Å². The standard InChI is InChI=1S/C13H20N2O5.C8H6N2OS.C4H10.C2H6.2C2H2/c16-11(15-7-3-6-10(15)12(17)18)8-14-13(19)20-9-4-1-2-5-9;11-6-1-2-9-7(5-6)8-10-3-4-12-8;1-4(2)3;3*1-2/h9-10H,1-8H2,(H,14,19)(H,17,18);1-5H,(H,9,11);4H,1-3H3;1-2H3;2*1-2H/t10-;;;;;/m0...../s1. The number of hydrogen-bond acceptors (Lipinski definition) is 7. The highest BCUT2D eigenvalue weighted by molar-refractivity contribution is 7.13. The number of aromatic nitrogens is 2. The van der Waals surface area contributed by atoms with Crippen molar-refractivity contribution in [3.05, 3.63) is 40.1 Å². The number of amides is 2. The van der Waals surface area contributed by atoms with Crippen LogP contribution in [0.25, 0.3) is 10.7 Å². The van der Waals surface area contributed by atoms with Gasteiger partial charge in [-0.05, 0) is 44.4 Å². The number of ether oxygens (including phenoxy) is 1. The Balaban J connectivity index is 0. The van der Waals surface area contributed by atoms with Crippen molar-refractivity contribution in [2.24, 2.45) is 5.92 Å². The van der Waals surface area contributed by atoms with Crippen LogP contribution in [0.1, 0.15) is 73.1 Å². The molecular weight excluding hydrogens is 556 g/mol. The smallest absolute Gasteiger partial charge is 0.407 e. The molecule has 4 rings (SSSR count). The molecule has 0 unspecified atom stereocenters. The SMILES string of the molecule is C#C.C#C.CC.CC(C)C.O=C(NCC(=O)N1CCC[C@H]1C(=O)O)OC1CCCC1.O=c1cc[nH]c(-c2nccs2)c1. The minimum atomic E-state index is -0.996. The molecule has 42 heavy (non-hydrogen) atoms. The van der Waals surface area contributed by atoms with Crippen LogP contribution in [0.15, 0.2) is 34.7 Å². The van der Waals surface area contributed by atoms with Crippen LogP contribution < -0.4 is 10.7 Å². The highest BCUT2D eigenvalue weighted by Crippen LogP contribution is 2.21. The number of hydrogen-bond donors (Lipinski definition) is 3. The maximum atomic E-state index is 11.9. The number of rotatable bonds is 5. The molecule has 1 saturated carbocycles. The Hall–Kier alpha value is -4.09. The molecule has 3 heterocycles. The third-order valence-corrected chi connectivity index (χ3v) is 6.06. The van der Waals surface area contributed by atoms with Crippen LogP contribution in [0.2, 0.25) is 0 Å². The molecule has 2 amide bonds. The van der Waals surface area contributed by atoms with Gasteiger partial charge in [0.25, 0.3) is 0 Å². The zero-order valence-corrected chi connectivity index (χ0v) is 26.2. The Morgan fingerprint density at radius 2 is 1.71 bits per heavy atom. The molecule has 11 heteroatoms. The van der Waals surface area contributed by atoms with Gasteiger partial charge in [-0.15, -0.1) is 37.0 Å². The monoisotopic (exact) mass is 602 g/mol. The average molecular weight is 603 g/mol. The number of carboxylic acids is 1. The van der Waals surface area contributed by atoms with E-state index >= 15 is 0 Å². The van der Waals surface area contributed by atoms with Crippen LogP contribution >= 0.6 is 11.3 Å². The number of aromatic amines is 1. The lowest BCUT2D eigenvalue weighted by atomic mass is 10.2. The molecule has 232 valence electrons. The molecule has 2 aliphatic rings. The number of carbonyl (C=O) groups excluding carboxylic acids is 2. The molecule has 0 bridgehead atoms. The molecule has 1 atom stereocenters. The lowest BCUT2D eigenvalue weighted by Gasteiger charge is -2.21. The largest absolute Gasteiger partial charge is 0.480 e. The van der Waals surface area contributed by atoms with E-state index in [1.807, 2.05) is 19.2 Å². The average Bonchev–Trinajstić information content (AvgIpc) is 3.78. The predicted molar refractivity (Wildman–Crippen MR) is 169 cm³/mol. The fourth-order valence-corrected chi connectivity index (χ4v) is 4.31. The second-order valence-electron chi connectivity index (χ2n) is 9.26. The van der Waals surface area contributed by atoms with E-state index in [9.17, 15) is 19.2 Å². The lowest BCUT2D eigenvalue weighted by Crippen LogP contribution is -2.45. The van der Waals surface area contributed by atoms with Gasteiger partial charge in [0.05, 0.1) is 5.69 Å². The minimum Gasteiger partial charge on any atom is -0.480 e. The van der Waals surface area contributed by atoms with Gasteiger partial charge in [-0.25, -0.2) is 14.6 Å². The zero-order chi connectivity index (χ0) is 32.5. The number of carboxylic acid groups (broad SMARTS) is 1. The van der Waals surface area contributed by atoms with E-state index in [0.717, 1.165) is 42.3 Å². The van der Waals surface area contributed by atoms with Gasteiger partial charge in [0, 0.05) is 36.5 Å². The van der Waals surface area contributed by atoms with Gasteiger partial charge in [0.15, 0.2) is 5.43 Å². The van der Waals surface area contributed by atoms with Gasteiger partial charge in [0.2, 0.25) is 5.91 Å². The van der Waals surface area contributed by atoms with Gasteiger partial charge in [0.1, 0.15) is 23.7 Å². The third-order valence-electron chi connectivity index (χ3n) is 5.25. The van der Waals surface area contributed by atoms with Crippen molar-refractivity contribution >= 4 is 29.3 Å². The Kier molecular flexibility index (Phi) is 23.5. The first-order chi connectivity index (χ1) is 20.2. The summed E-state index contributed by atoms with van der Waals surface area (Å²) in [6, 6.07) is 2.26. The van der Waals surface area contributed by atoms with Crippen molar-refractivity contribution in [2.45, 2.75) is 85.3 Å². The van der Waals surface area contributed by atoms with Crippen LogP contribution in [0.5, 0.6) is 0 Å². The Labute approximate surface area is 254 Å². The summed E-state index contributed by atoms with van der Waals surface area (Å²) in [4.78, 5) is 53.7. The van der Waals surface area contributed by atoms with E-state index in [2.05, 4.69) is 61.7 Å². The van der Waals surface area contributed by atoms with Crippen LogP contribution in [0.3, 0.4) is 0 Å². The summed E-state index contributed by atoms with van der Waals surface area (Å²) < 4.78 is 5.16. The number of nitrogens with zero attached hydrogens (tertiary/aromatic N) is 2. The number of pyridine rings is 1. The zero-order valence-electron chi connectivity index (χ0n) is 25.4. The van der Waals surface area contributed by atoms with E-state index in [0.29, 0.717) is 19.4 Å². The molecular formula is C31H46N4O6S. The van der Waals surface area contributed by atoms with Crippen molar-refractivity contribution in [3.8, 4) is 36.4 Å². The van der Waals surface area contributed by atoms with Gasteiger partial charge >= 0.3 is 12.1 Å². The van der Waals surface area contributed by atoms with E-state index < -0.39 is 18.1 Å². The van der Waals surface area contributed by atoms with Crippen molar-refractivity contribution in [1.29, 1.82) is 0 Å². The number of H-pyrrole nitrogens is 1. The Morgan fingerprint density at radius 3 is 2.21 bits per heavy atom. The van der Waals surface area contributed by atoms with E-state index in [1.54, 1.807) is 18.5 Å². The fourth-order valence-electron chi connectivity index (χ4n) is 3.70. The van der Waals surface area contributed by atoms with Gasteiger partial charge in [-0.2, -0.15) is 0 Å². The maximum absolute atomic E-state index is 11.9. The molecule has 2 fully saturated rings. The highest BCUT2D eigenvalue weighted by atomic mass is 32.1. The van der Waals surface area contributed by atoms with Gasteiger partial charge in [-0.1, -0.05) is 34.6 Å². The number of aliphatic carboxylic acids is 1. The first-order valence-corrected chi connectivity index (χ1v) is 14.8. The van der Waals surface area contributed by atoms with Gasteiger partial charge < -0.3 is 25.0 Å². The molecule has 0 radical (unpaired) electrons. The first-order valence-electron chi connectivity index (χ1n) is 13.9. The van der Waals surface area contributed by atoms with E-state index in [4.69, 9.17) is 9.84 Å². The maximum Gasteiger partial charge on any atom is 0.407 e. The van der Waals surface area contributed by atoms with Crippen molar-refractivity contribution < 1.29 is 24.2 Å². The molecule has 1 aliphatic heterocycles. The number of terminal acetylenes is 2. The number of alkyl carbamates (subject to hydrolysis) is 1. The van der Waals surface area contributed by atoms with Crippen LogP contribution in [-0.4, -0.2) is 63.2 Å². The second-order valence-corrected chi connectivity index (χ2v) is 10.2. The molecule has 10 nitrogen and oxygen atoms in total. The van der Waals surface area contributed by atoms with E-state index in [-0.39, 0.29) is 24.0 Å². The lowest BCUT2D eigenvalue weighted by molar-refractivity contribution is -0.147. The van der Waals surface area contributed by atoms with Crippen molar-refractivity contribution in [2.75, 3.05) is 13.1 Å². The second kappa shape index (κ2) is 24.7. The number of thiazole rings is 1. The quantitative estimate of drug-likeness (QED) is 0.388. The molecule has 2 aromatic rings.